The maximum Gasteiger partial charge on any atom is 0.333 e. The molecular weight excluding hydrogens is 330 g/mol. The minimum absolute atomic E-state index is 0.116. The fourth-order valence-corrected chi connectivity index (χ4v) is 3.06. The Morgan fingerprint density at radius 1 is 1.38 bits per heavy atom. The molecule has 2 aromatic rings. The van der Waals surface area contributed by atoms with Crippen LogP contribution in [0, 0.1) is 0 Å². The predicted octanol–water partition coefficient (Wildman–Crippen LogP) is 2.22. The lowest BCUT2D eigenvalue weighted by Crippen LogP contribution is -2.24. The number of benzene rings is 1. The van der Waals surface area contributed by atoms with Crippen LogP contribution in [0.2, 0.25) is 0 Å². The number of aromatic nitrogens is 2. The Morgan fingerprint density at radius 3 is 2.92 bits per heavy atom. The number of hydrogen-bond donors (Lipinski definition) is 0. The second kappa shape index (κ2) is 7.31. The molecule has 3 rings (SSSR count). The Bertz CT molecular complexity index is 773. The molecule has 1 fully saturated rings. The second-order valence-electron chi connectivity index (χ2n) is 4.87. The third-order valence-corrected chi connectivity index (χ3v) is 4.24. The molecule has 0 N–H and O–H groups in total. The summed E-state index contributed by atoms with van der Waals surface area (Å²) in [4.78, 5) is 25.1. The van der Waals surface area contributed by atoms with E-state index in [1.165, 1.54) is 22.7 Å². The minimum atomic E-state index is -0.477. The van der Waals surface area contributed by atoms with Crippen molar-refractivity contribution < 1.29 is 18.7 Å². The van der Waals surface area contributed by atoms with Crippen LogP contribution in [0.1, 0.15) is 12.8 Å². The molecule has 0 atom stereocenters. The van der Waals surface area contributed by atoms with Crippen LogP contribution in [0.5, 0.6) is 0 Å². The molecule has 0 unspecified atom stereocenters. The van der Waals surface area contributed by atoms with Gasteiger partial charge in [-0.05, 0) is 19.1 Å². The molecule has 1 amide bonds. The third kappa shape index (κ3) is 3.65. The first-order valence-electron chi connectivity index (χ1n) is 7.36. The lowest BCUT2D eigenvalue weighted by Gasteiger charge is -2.14. The van der Waals surface area contributed by atoms with Gasteiger partial charge in [-0.15, -0.1) is 10.2 Å². The van der Waals surface area contributed by atoms with E-state index in [4.69, 9.17) is 9.15 Å². The minimum Gasteiger partial charge on any atom is -0.463 e. The molecule has 1 aliphatic heterocycles. The number of amides is 1. The molecule has 24 heavy (non-hydrogen) atoms. The number of rotatable bonds is 5. The van der Waals surface area contributed by atoms with Crippen LogP contribution < -0.4 is 0 Å². The van der Waals surface area contributed by atoms with E-state index in [-0.39, 0.29) is 24.8 Å². The first-order valence-corrected chi connectivity index (χ1v) is 8.35. The Labute approximate surface area is 142 Å². The summed E-state index contributed by atoms with van der Waals surface area (Å²) in [6, 6.07) is 9.37. The lowest BCUT2D eigenvalue weighted by molar-refractivity contribution is -0.137. The van der Waals surface area contributed by atoms with Crippen molar-refractivity contribution in [2.75, 3.05) is 12.4 Å². The molecule has 2 heterocycles. The van der Waals surface area contributed by atoms with Crippen molar-refractivity contribution in [3.63, 3.8) is 0 Å². The SMILES string of the molecule is CCOC(=O)/C=C1\SCC(=O)N1Cc1nnc(-c2ccccc2)o1. The molecule has 1 aromatic heterocycles. The Morgan fingerprint density at radius 2 is 2.17 bits per heavy atom. The molecule has 1 aliphatic rings. The van der Waals surface area contributed by atoms with Crippen LogP contribution >= 0.6 is 11.8 Å². The number of carbonyl (C=O) groups is 2. The third-order valence-electron chi connectivity index (χ3n) is 3.22. The van der Waals surface area contributed by atoms with Crippen LogP contribution in [0.25, 0.3) is 11.5 Å². The quantitative estimate of drug-likeness (QED) is 0.606. The van der Waals surface area contributed by atoms with Gasteiger partial charge < -0.3 is 9.15 Å². The highest BCUT2D eigenvalue weighted by atomic mass is 32.2. The van der Waals surface area contributed by atoms with E-state index in [0.717, 1.165) is 5.56 Å². The summed E-state index contributed by atoms with van der Waals surface area (Å²) in [6.45, 7) is 2.13. The summed E-state index contributed by atoms with van der Waals surface area (Å²) >= 11 is 1.28. The van der Waals surface area contributed by atoms with Crippen LogP contribution in [-0.4, -0.2) is 39.3 Å². The van der Waals surface area contributed by atoms with Gasteiger partial charge in [0.2, 0.25) is 17.7 Å². The summed E-state index contributed by atoms with van der Waals surface area (Å²) in [5.74, 6) is 0.371. The second-order valence-corrected chi connectivity index (χ2v) is 5.87. The van der Waals surface area contributed by atoms with Gasteiger partial charge in [-0.3, -0.25) is 9.69 Å². The van der Waals surface area contributed by atoms with E-state index in [2.05, 4.69) is 10.2 Å². The van der Waals surface area contributed by atoms with Gasteiger partial charge in [0.15, 0.2) is 0 Å². The van der Waals surface area contributed by atoms with Crippen molar-refractivity contribution in [1.29, 1.82) is 0 Å². The number of ether oxygens (including phenoxy) is 1. The first-order chi connectivity index (χ1) is 11.7. The van der Waals surface area contributed by atoms with Gasteiger partial charge in [-0.1, -0.05) is 30.0 Å². The van der Waals surface area contributed by atoms with Crippen molar-refractivity contribution in [2.24, 2.45) is 0 Å². The van der Waals surface area contributed by atoms with Crippen LogP contribution in [0.3, 0.4) is 0 Å². The number of thioether (sulfide) groups is 1. The van der Waals surface area contributed by atoms with Crippen molar-refractivity contribution in [3.05, 3.63) is 47.3 Å². The normalized spacial score (nSPS) is 16.0. The van der Waals surface area contributed by atoms with Crippen molar-refractivity contribution in [3.8, 4) is 11.5 Å². The number of esters is 1. The Hall–Kier alpha value is -2.61. The van der Waals surface area contributed by atoms with Gasteiger partial charge in [-0.25, -0.2) is 4.79 Å². The van der Waals surface area contributed by atoms with E-state index in [1.807, 2.05) is 30.3 Å². The van der Waals surface area contributed by atoms with E-state index in [0.29, 0.717) is 16.8 Å². The molecule has 0 bridgehead atoms. The molecular formula is C16H15N3O4S. The summed E-state index contributed by atoms with van der Waals surface area (Å²) in [5.41, 5.74) is 0.806. The number of hydrogen-bond acceptors (Lipinski definition) is 7. The predicted molar refractivity (Wildman–Crippen MR) is 87.5 cm³/mol. The molecule has 0 spiro atoms. The zero-order valence-electron chi connectivity index (χ0n) is 13.0. The summed E-state index contributed by atoms with van der Waals surface area (Å²) in [5, 5.41) is 8.50. The Kier molecular flexibility index (Phi) is 4.95. The van der Waals surface area contributed by atoms with E-state index < -0.39 is 5.97 Å². The molecule has 0 saturated carbocycles. The highest BCUT2D eigenvalue weighted by Gasteiger charge is 2.29. The molecule has 0 aliphatic carbocycles. The topological polar surface area (TPSA) is 85.5 Å². The van der Waals surface area contributed by atoms with E-state index in [1.54, 1.807) is 6.92 Å². The molecule has 0 radical (unpaired) electrons. The number of nitrogens with zero attached hydrogens (tertiary/aromatic N) is 3. The summed E-state index contributed by atoms with van der Waals surface area (Å²) in [7, 11) is 0. The van der Waals surface area contributed by atoms with Crippen LogP contribution in [0.4, 0.5) is 0 Å². The molecule has 1 saturated heterocycles. The molecule has 1 aromatic carbocycles. The van der Waals surface area contributed by atoms with Gasteiger partial charge in [0.05, 0.1) is 23.5 Å². The zero-order valence-corrected chi connectivity index (χ0v) is 13.8. The largest absolute Gasteiger partial charge is 0.463 e. The monoisotopic (exact) mass is 345 g/mol. The van der Waals surface area contributed by atoms with E-state index in [9.17, 15) is 9.59 Å². The average Bonchev–Trinajstić information content (AvgIpc) is 3.18. The average molecular weight is 345 g/mol. The van der Waals surface area contributed by atoms with Gasteiger partial charge in [0, 0.05) is 5.56 Å². The first kappa shape index (κ1) is 16.3. The van der Waals surface area contributed by atoms with Crippen LogP contribution in [-0.2, 0) is 20.9 Å². The fraction of sp³-hybridized carbons (Fsp3) is 0.250. The smallest absolute Gasteiger partial charge is 0.333 e. The lowest BCUT2D eigenvalue weighted by atomic mass is 10.2. The maximum atomic E-state index is 12.0. The summed E-state index contributed by atoms with van der Waals surface area (Å²) in [6.07, 6.45) is 1.31. The van der Waals surface area contributed by atoms with Gasteiger partial charge in [-0.2, -0.15) is 0 Å². The highest BCUT2D eigenvalue weighted by molar-refractivity contribution is 8.04. The van der Waals surface area contributed by atoms with Crippen molar-refractivity contribution in [1.82, 2.24) is 15.1 Å². The van der Waals surface area contributed by atoms with E-state index >= 15 is 0 Å². The van der Waals surface area contributed by atoms with Crippen molar-refractivity contribution in [2.45, 2.75) is 13.5 Å². The van der Waals surface area contributed by atoms with Crippen molar-refractivity contribution >= 4 is 23.6 Å². The molecule has 124 valence electrons. The number of carbonyl (C=O) groups excluding carboxylic acids is 2. The Balaban J connectivity index is 1.75. The zero-order chi connectivity index (χ0) is 16.9. The van der Waals surface area contributed by atoms with Gasteiger partial charge in [0.25, 0.3) is 0 Å². The fourth-order valence-electron chi connectivity index (χ4n) is 2.13. The van der Waals surface area contributed by atoms with Gasteiger partial charge >= 0.3 is 5.97 Å². The van der Waals surface area contributed by atoms with Crippen LogP contribution in [0.15, 0.2) is 45.9 Å². The highest BCUT2D eigenvalue weighted by Crippen LogP contribution is 2.30. The molecule has 8 heteroatoms. The molecule has 7 nitrogen and oxygen atoms in total. The maximum absolute atomic E-state index is 12.0. The summed E-state index contributed by atoms with van der Waals surface area (Å²) < 4.78 is 10.5. The van der Waals surface area contributed by atoms with Gasteiger partial charge in [0.1, 0.15) is 6.54 Å². The standard InChI is InChI=1S/C16H15N3O4S/c1-2-22-15(21)8-14-19(13(20)10-24-14)9-12-17-18-16(23-12)11-6-4-3-5-7-11/h3-8H,2,9-10H2,1H3/b14-8-.